The summed E-state index contributed by atoms with van der Waals surface area (Å²) < 4.78 is 5.53. The van der Waals surface area contributed by atoms with Gasteiger partial charge in [-0.15, -0.1) is 0 Å². The third-order valence-electron chi connectivity index (χ3n) is 3.94. The standard InChI is InChI=1S/C20H14ClN3O/c1-25-17-12-15(11-14-9-5-6-10-16(14)17)19-22-18(23-20(21)24-19)13-7-3-2-4-8-13/h2-12H,1H3. The van der Waals surface area contributed by atoms with Crippen molar-refractivity contribution >= 4 is 22.4 Å². The van der Waals surface area contributed by atoms with Crippen molar-refractivity contribution in [3.05, 3.63) is 72.0 Å². The maximum Gasteiger partial charge on any atom is 0.226 e. The molecule has 0 N–H and O–H groups in total. The summed E-state index contributed by atoms with van der Waals surface area (Å²) in [5.74, 6) is 1.83. The quantitative estimate of drug-likeness (QED) is 0.522. The Balaban J connectivity index is 1.90. The van der Waals surface area contributed by atoms with Crippen molar-refractivity contribution in [2.45, 2.75) is 0 Å². The van der Waals surface area contributed by atoms with Gasteiger partial charge >= 0.3 is 0 Å². The first-order valence-corrected chi connectivity index (χ1v) is 8.16. The van der Waals surface area contributed by atoms with Crippen molar-refractivity contribution in [1.82, 2.24) is 15.0 Å². The molecule has 0 spiro atoms. The number of ether oxygens (including phenoxy) is 1. The van der Waals surface area contributed by atoms with Gasteiger partial charge in [-0.05, 0) is 29.1 Å². The Labute approximate surface area is 150 Å². The van der Waals surface area contributed by atoms with E-state index in [4.69, 9.17) is 16.3 Å². The summed E-state index contributed by atoms with van der Waals surface area (Å²) in [4.78, 5) is 13.1. The first-order valence-electron chi connectivity index (χ1n) is 7.79. The Hall–Kier alpha value is -2.98. The van der Waals surface area contributed by atoms with Gasteiger partial charge in [0, 0.05) is 16.5 Å². The molecule has 0 amide bonds. The van der Waals surface area contributed by atoms with Crippen LogP contribution in [0.4, 0.5) is 0 Å². The zero-order valence-corrected chi connectivity index (χ0v) is 14.2. The van der Waals surface area contributed by atoms with Gasteiger partial charge in [-0.2, -0.15) is 9.97 Å². The van der Waals surface area contributed by atoms with E-state index < -0.39 is 0 Å². The molecule has 25 heavy (non-hydrogen) atoms. The lowest BCUT2D eigenvalue weighted by atomic mass is 10.1. The zero-order chi connectivity index (χ0) is 17.2. The smallest absolute Gasteiger partial charge is 0.226 e. The van der Waals surface area contributed by atoms with Crippen molar-refractivity contribution < 1.29 is 4.74 Å². The van der Waals surface area contributed by atoms with E-state index >= 15 is 0 Å². The lowest BCUT2D eigenvalue weighted by Crippen LogP contribution is -1.97. The molecule has 0 radical (unpaired) electrons. The number of rotatable bonds is 3. The summed E-state index contributed by atoms with van der Waals surface area (Å²) in [6.07, 6.45) is 0. The van der Waals surface area contributed by atoms with E-state index in [1.54, 1.807) is 7.11 Å². The second-order valence-corrected chi connectivity index (χ2v) is 5.86. The lowest BCUT2D eigenvalue weighted by Gasteiger charge is -2.09. The molecular formula is C20H14ClN3O. The molecule has 0 bridgehead atoms. The second-order valence-electron chi connectivity index (χ2n) is 5.52. The predicted molar refractivity (Wildman–Crippen MR) is 99.8 cm³/mol. The average molecular weight is 348 g/mol. The van der Waals surface area contributed by atoms with E-state index in [2.05, 4.69) is 15.0 Å². The molecule has 0 atom stereocenters. The van der Waals surface area contributed by atoms with Gasteiger partial charge in [-0.1, -0.05) is 54.6 Å². The van der Waals surface area contributed by atoms with E-state index in [1.165, 1.54) is 0 Å². The molecule has 0 aliphatic heterocycles. The molecule has 0 saturated heterocycles. The Kier molecular flexibility index (Phi) is 4.04. The van der Waals surface area contributed by atoms with E-state index in [0.717, 1.165) is 27.6 Å². The molecule has 1 aromatic heterocycles. The third-order valence-corrected chi connectivity index (χ3v) is 4.11. The number of aromatic nitrogens is 3. The monoisotopic (exact) mass is 347 g/mol. The van der Waals surface area contributed by atoms with Crippen LogP contribution in [0.3, 0.4) is 0 Å². The molecular weight excluding hydrogens is 334 g/mol. The fourth-order valence-electron chi connectivity index (χ4n) is 2.77. The van der Waals surface area contributed by atoms with Crippen LogP contribution in [0.25, 0.3) is 33.5 Å². The van der Waals surface area contributed by atoms with Gasteiger partial charge in [0.1, 0.15) is 5.75 Å². The fraction of sp³-hybridized carbons (Fsp3) is 0.0500. The molecule has 4 nitrogen and oxygen atoms in total. The van der Waals surface area contributed by atoms with Gasteiger partial charge in [0.2, 0.25) is 5.28 Å². The van der Waals surface area contributed by atoms with Crippen molar-refractivity contribution in [2.24, 2.45) is 0 Å². The van der Waals surface area contributed by atoms with Crippen molar-refractivity contribution in [3.63, 3.8) is 0 Å². The predicted octanol–water partition coefficient (Wildman–Crippen LogP) is 5.02. The van der Waals surface area contributed by atoms with E-state index in [0.29, 0.717) is 11.6 Å². The second kappa shape index (κ2) is 6.49. The Morgan fingerprint density at radius 1 is 0.760 bits per heavy atom. The highest BCUT2D eigenvalue weighted by atomic mass is 35.5. The normalized spacial score (nSPS) is 10.8. The lowest BCUT2D eigenvalue weighted by molar-refractivity contribution is 0.420. The van der Waals surface area contributed by atoms with Crippen LogP contribution in [0.15, 0.2) is 66.7 Å². The molecule has 3 aromatic carbocycles. The topological polar surface area (TPSA) is 47.9 Å². The van der Waals surface area contributed by atoms with E-state index in [-0.39, 0.29) is 5.28 Å². The van der Waals surface area contributed by atoms with E-state index in [1.807, 2.05) is 66.7 Å². The van der Waals surface area contributed by atoms with Gasteiger partial charge in [-0.3, -0.25) is 0 Å². The minimum Gasteiger partial charge on any atom is -0.496 e. The summed E-state index contributed by atoms with van der Waals surface area (Å²) in [5.41, 5.74) is 1.72. The number of halogens is 1. The van der Waals surface area contributed by atoms with Gasteiger partial charge < -0.3 is 4.74 Å². The number of fused-ring (bicyclic) bond motifs is 1. The maximum absolute atomic E-state index is 6.15. The van der Waals surface area contributed by atoms with Crippen molar-refractivity contribution in [3.8, 4) is 28.5 Å². The Morgan fingerprint density at radius 3 is 2.20 bits per heavy atom. The van der Waals surface area contributed by atoms with Crippen molar-refractivity contribution in [2.75, 3.05) is 7.11 Å². The first kappa shape index (κ1) is 15.5. The highest BCUT2D eigenvalue weighted by Crippen LogP contribution is 2.32. The third kappa shape index (κ3) is 3.04. The van der Waals surface area contributed by atoms with Crippen LogP contribution < -0.4 is 4.74 Å². The largest absolute Gasteiger partial charge is 0.496 e. The molecule has 4 rings (SSSR count). The summed E-state index contributed by atoms with van der Waals surface area (Å²) in [6, 6.07) is 21.7. The van der Waals surface area contributed by atoms with Gasteiger partial charge in [0.15, 0.2) is 11.6 Å². The zero-order valence-electron chi connectivity index (χ0n) is 13.5. The highest BCUT2D eigenvalue weighted by molar-refractivity contribution is 6.28. The summed E-state index contributed by atoms with van der Waals surface area (Å²) >= 11 is 6.15. The minimum atomic E-state index is 0.163. The van der Waals surface area contributed by atoms with Crippen LogP contribution in [-0.2, 0) is 0 Å². The highest BCUT2D eigenvalue weighted by Gasteiger charge is 2.12. The van der Waals surface area contributed by atoms with Crippen LogP contribution in [0, 0.1) is 0 Å². The van der Waals surface area contributed by atoms with Crippen LogP contribution in [0.5, 0.6) is 5.75 Å². The number of hydrogen-bond donors (Lipinski definition) is 0. The van der Waals surface area contributed by atoms with Crippen LogP contribution in [-0.4, -0.2) is 22.1 Å². The van der Waals surface area contributed by atoms with Crippen LogP contribution in [0.2, 0.25) is 5.28 Å². The summed E-state index contributed by atoms with van der Waals surface area (Å²) in [6.45, 7) is 0. The molecule has 4 aromatic rings. The molecule has 0 fully saturated rings. The van der Waals surface area contributed by atoms with Gasteiger partial charge in [-0.25, -0.2) is 4.98 Å². The molecule has 5 heteroatoms. The van der Waals surface area contributed by atoms with Crippen LogP contribution >= 0.6 is 11.6 Å². The fourth-order valence-corrected chi connectivity index (χ4v) is 2.93. The number of nitrogens with zero attached hydrogens (tertiary/aromatic N) is 3. The SMILES string of the molecule is COc1cc(-c2nc(Cl)nc(-c3ccccc3)n2)cc2ccccc12. The maximum atomic E-state index is 6.15. The number of benzene rings is 3. The van der Waals surface area contributed by atoms with Gasteiger partial charge in [0.05, 0.1) is 7.11 Å². The Bertz CT molecular complexity index is 1050. The van der Waals surface area contributed by atoms with E-state index in [9.17, 15) is 0 Å². The number of hydrogen-bond acceptors (Lipinski definition) is 4. The van der Waals surface area contributed by atoms with Crippen LogP contribution in [0.1, 0.15) is 0 Å². The first-order chi connectivity index (χ1) is 12.2. The summed E-state index contributed by atoms with van der Waals surface area (Å²) in [7, 11) is 1.65. The van der Waals surface area contributed by atoms with Crippen molar-refractivity contribution in [1.29, 1.82) is 0 Å². The molecule has 0 aliphatic rings. The molecule has 0 aliphatic carbocycles. The minimum absolute atomic E-state index is 0.163. The Morgan fingerprint density at radius 2 is 1.44 bits per heavy atom. The average Bonchev–Trinajstić information content (AvgIpc) is 2.67. The molecule has 0 saturated carbocycles. The molecule has 122 valence electrons. The summed E-state index contributed by atoms with van der Waals surface area (Å²) in [5, 5.41) is 2.25. The molecule has 1 heterocycles. The number of methoxy groups -OCH3 is 1. The molecule has 0 unspecified atom stereocenters. The van der Waals surface area contributed by atoms with Gasteiger partial charge in [0.25, 0.3) is 0 Å².